The minimum atomic E-state index is -3.58. The second kappa shape index (κ2) is 6.57. The van der Waals surface area contributed by atoms with E-state index in [9.17, 15) is 13.6 Å². The molecule has 0 saturated heterocycles. The fourth-order valence-electron chi connectivity index (χ4n) is 2.17. The lowest BCUT2D eigenvalue weighted by molar-refractivity contribution is -0.147. The maximum atomic E-state index is 14.1. The molecular weight excluding hydrogens is 314 g/mol. The maximum Gasteiger partial charge on any atom is 0.349 e. The molecule has 0 atom stereocenters. The number of halogens is 2. The Morgan fingerprint density at radius 2 is 1.92 bits per heavy atom. The van der Waals surface area contributed by atoms with Crippen LogP contribution in [0, 0.1) is 0 Å². The Labute approximate surface area is 137 Å². The molecule has 0 aliphatic carbocycles. The summed E-state index contributed by atoms with van der Waals surface area (Å²) >= 11 is 0. The second-order valence-electron chi connectivity index (χ2n) is 5.10. The number of hydrogen-bond acceptors (Lipinski definition) is 3. The monoisotopic (exact) mass is 328 g/mol. The minimum Gasteiger partial charge on any atom is -0.346 e. The highest BCUT2D eigenvalue weighted by Gasteiger charge is 2.40. The Bertz CT molecular complexity index is 820. The van der Waals surface area contributed by atoms with Crippen molar-refractivity contribution in [3.05, 3.63) is 78.2 Å². The SMILES string of the molecule is O=C(NCc1ccnc(-n2cccn2)c1)C(F)(F)c1ccccc1. The van der Waals surface area contributed by atoms with E-state index in [1.807, 2.05) is 0 Å². The standard InChI is InChI=1S/C17H14F2N4O/c18-17(19,14-5-2-1-3-6-14)16(24)21-12-13-7-9-20-15(11-13)23-10-4-8-22-23/h1-11H,12H2,(H,21,24). The summed E-state index contributed by atoms with van der Waals surface area (Å²) in [5.41, 5.74) is 0.308. The summed E-state index contributed by atoms with van der Waals surface area (Å²) < 4.78 is 29.8. The molecule has 0 bridgehead atoms. The van der Waals surface area contributed by atoms with Crippen LogP contribution in [0.15, 0.2) is 67.1 Å². The van der Waals surface area contributed by atoms with Crippen LogP contribution in [-0.4, -0.2) is 20.7 Å². The zero-order valence-electron chi connectivity index (χ0n) is 12.6. The van der Waals surface area contributed by atoms with Crippen LogP contribution >= 0.6 is 0 Å². The Hall–Kier alpha value is -3.09. The van der Waals surface area contributed by atoms with Gasteiger partial charge in [-0.2, -0.15) is 13.9 Å². The Morgan fingerprint density at radius 3 is 2.62 bits per heavy atom. The number of alkyl halides is 2. The number of carbonyl (C=O) groups is 1. The van der Waals surface area contributed by atoms with Gasteiger partial charge in [-0.25, -0.2) is 9.67 Å². The van der Waals surface area contributed by atoms with Gasteiger partial charge in [-0.05, 0) is 23.8 Å². The Morgan fingerprint density at radius 1 is 1.12 bits per heavy atom. The third-order valence-corrected chi connectivity index (χ3v) is 3.42. The molecule has 3 rings (SSSR count). The normalized spacial score (nSPS) is 11.2. The fourth-order valence-corrected chi connectivity index (χ4v) is 2.17. The molecule has 0 unspecified atom stereocenters. The van der Waals surface area contributed by atoms with Crippen LogP contribution in [0.4, 0.5) is 8.78 Å². The van der Waals surface area contributed by atoms with Gasteiger partial charge in [-0.1, -0.05) is 30.3 Å². The highest BCUT2D eigenvalue weighted by Crippen LogP contribution is 2.27. The zero-order chi connectivity index (χ0) is 17.0. The summed E-state index contributed by atoms with van der Waals surface area (Å²) in [6.45, 7) is -0.0297. The van der Waals surface area contributed by atoms with Crippen LogP contribution in [-0.2, 0) is 17.3 Å². The molecule has 0 aliphatic heterocycles. The van der Waals surface area contributed by atoms with Crippen LogP contribution < -0.4 is 5.32 Å². The topological polar surface area (TPSA) is 59.8 Å². The molecule has 0 spiro atoms. The summed E-state index contributed by atoms with van der Waals surface area (Å²) in [6, 6.07) is 12.1. The smallest absolute Gasteiger partial charge is 0.346 e. The van der Waals surface area contributed by atoms with E-state index in [1.165, 1.54) is 30.5 Å². The third-order valence-electron chi connectivity index (χ3n) is 3.42. The molecule has 2 aromatic heterocycles. The molecule has 0 radical (unpaired) electrons. The number of hydrogen-bond donors (Lipinski definition) is 1. The van der Waals surface area contributed by atoms with E-state index in [-0.39, 0.29) is 12.1 Å². The molecule has 24 heavy (non-hydrogen) atoms. The first-order chi connectivity index (χ1) is 11.6. The van der Waals surface area contributed by atoms with Crippen LogP contribution in [0.5, 0.6) is 0 Å². The van der Waals surface area contributed by atoms with E-state index in [0.717, 1.165) is 0 Å². The number of nitrogens with one attached hydrogen (secondary N) is 1. The molecular formula is C17H14F2N4O. The van der Waals surface area contributed by atoms with Crippen molar-refractivity contribution in [2.75, 3.05) is 0 Å². The van der Waals surface area contributed by atoms with Gasteiger partial charge < -0.3 is 5.32 Å². The highest BCUT2D eigenvalue weighted by atomic mass is 19.3. The lowest BCUT2D eigenvalue weighted by Gasteiger charge is -2.16. The number of rotatable bonds is 5. The maximum absolute atomic E-state index is 14.1. The molecule has 0 saturated carbocycles. The molecule has 1 amide bonds. The van der Waals surface area contributed by atoms with Crippen LogP contribution in [0.1, 0.15) is 11.1 Å². The van der Waals surface area contributed by atoms with Crippen molar-refractivity contribution in [1.82, 2.24) is 20.1 Å². The van der Waals surface area contributed by atoms with Crippen molar-refractivity contribution >= 4 is 5.91 Å². The van der Waals surface area contributed by atoms with Crippen LogP contribution in [0.2, 0.25) is 0 Å². The number of amides is 1. The molecule has 7 heteroatoms. The van der Waals surface area contributed by atoms with Crippen molar-refractivity contribution in [2.24, 2.45) is 0 Å². The van der Waals surface area contributed by atoms with E-state index in [1.54, 1.807) is 41.3 Å². The summed E-state index contributed by atoms with van der Waals surface area (Å²) in [5.74, 6) is -4.38. The molecule has 122 valence electrons. The average Bonchev–Trinajstić information content (AvgIpc) is 3.15. The average molecular weight is 328 g/mol. The van der Waals surface area contributed by atoms with Gasteiger partial charge in [0.15, 0.2) is 5.82 Å². The van der Waals surface area contributed by atoms with Gasteiger partial charge in [0.25, 0.3) is 5.91 Å². The molecule has 5 nitrogen and oxygen atoms in total. The van der Waals surface area contributed by atoms with Gasteiger partial charge in [-0.15, -0.1) is 0 Å². The first kappa shape index (κ1) is 15.8. The molecule has 1 N–H and O–H groups in total. The summed E-state index contributed by atoms with van der Waals surface area (Å²) in [7, 11) is 0. The molecule has 0 fully saturated rings. The first-order valence-electron chi connectivity index (χ1n) is 7.24. The lowest BCUT2D eigenvalue weighted by atomic mass is 10.1. The van der Waals surface area contributed by atoms with Crippen LogP contribution in [0.3, 0.4) is 0 Å². The van der Waals surface area contributed by atoms with E-state index < -0.39 is 11.8 Å². The largest absolute Gasteiger partial charge is 0.349 e. The zero-order valence-corrected chi connectivity index (χ0v) is 12.6. The molecule has 0 aliphatic rings. The Kier molecular flexibility index (Phi) is 4.33. The van der Waals surface area contributed by atoms with Crippen LogP contribution in [0.25, 0.3) is 5.82 Å². The van der Waals surface area contributed by atoms with E-state index in [2.05, 4.69) is 15.4 Å². The highest BCUT2D eigenvalue weighted by molar-refractivity contribution is 5.84. The first-order valence-corrected chi connectivity index (χ1v) is 7.24. The van der Waals surface area contributed by atoms with Gasteiger partial charge in [0, 0.05) is 30.7 Å². The van der Waals surface area contributed by atoms with E-state index in [4.69, 9.17) is 0 Å². The quantitative estimate of drug-likeness (QED) is 0.783. The van der Waals surface area contributed by atoms with Crippen molar-refractivity contribution in [2.45, 2.75) is 12.5 Å². The van der Waals surface area contributed by atoms with Gasteiger partial charge in [0.1, 0.15) is 0 Å². The van der Waals surface area contributed by atoms with Gasteiger partial charge in [0.05, 0.1) is 0 Å². The second-order valence-corrected chi connectivity index (χ2v) is 5.10. The predicted molar refractivity (Wildman–Crippen MR) is 83.5 cm³/mol. The van der Waals surface area contributed by atoms with Gasteiger partial charge in [0.2, 0.25) is 0 Å². The fraction of sp³-hybridized carbons (Fsp3) is 0.118. The van der Waals surface area contributed by atoms with Gasteiger partial charge >= 0.3 is 5.92 Å². The van der Waals surface area contributed by atoms with Crippen molar-refractivity contribution in [3.8, 4) is 5.82 Å². The van der Waals surface area contributed by atoms with Crippen molar-refractivity contribution in [3.63, 3.8) is 0 Å². The summed E-state index contributed by atoms with van der Waals surface area (Å²) in [6.07, 6.45) is 4.86. The third kappa shape index (κ3) is 3.29. The Balaban J connectivity index is 1.70. The number of benzene rings is 1. The molecule has 1 aromatic carbocycles. The molecule has 3 aromatic rings. The van der Waals surface area contributed by atoms with Crippen molar-refractivity contribution in [1.29, 1.82) is 0 Å². The number of aromatic nitrogens is 3. The van der Waals surface area contributed by atoms with E-state index in [0.29, 0.717) is 11.4 Å². The summed E-state index contributed by atoms with van der Waals surface area (Å²) in [5, 5.41) is 6.31. The van der Waals surface area contributed by atoms with Crippen molar-refractivity contribution < 1.29 is 13.6 Å². The number of carbonyl (C=O) groups excluding carboxylic acids is 1. The minimum absolute atomic E-state index is 0.0297. The molecule has 2 heterocycles. The number of nitrogens with zero attached hydrogens (tertiary/aromatic N) is 3. The predicted octanol–water partition coefficient (Wildman–Crippen LogP) is 2.68. The lowest BCUT2D eigenvalue weighted by Crippen LogP contribution is -2.37. The van der Waals surface area contributed by atoms with E-state index >= 15 is 0 Å². The summed E-state index contributed by atoms with van der Waals surface area (Å²) in [4.78, 5) is 16.0. The van der Waals surface area contributed by atoms with Gasteiger partial charge in [-0.3, -0.25) is 4.79 Å². The number of pyridine rings is 1.